The second kappa shape index (κ2) is 8.27. The number of aromatic amines is 1. The van der Waals surface area contributed by atoms with Crippen LogP contribution in [0.3, 0.4) is 0 Å². The van der Waals surface area contributed by atoms with E-state index in [0.29, 0.717) is 10.9 Å². The van der Waals surface area contributed by atoms with Crippen LogP contribution in [0.2, 0.25) is 0 Å². The largest absolute Gasteiger partial charge is 0.376 e. The maximum absolute atomic E-state index is 13.0. The molecule has 3 aromatic rings. The monoisotopic (exact) mass is 357 g/mol. The van der Waals surface area contributed by atoms with Gasteiger partial charge >= 0.3 is 0 Å². The second-order valence-electron chi connectivity index (χ2n) is 5.60. The van der Waals surface area contributed by atoms with Gasteiger partial charge in [-0.1, -0.05) is 55.1 Å². The zero-order valence-electron chi connectivity index (χ0n) is 14.2. The van der Waals surface area contributed by atoms with Crippen molar-refractivity contribution in [2.75, 3.05) is 12.9 Å². The molecule has 25 heavy (non-hydrogen) atoms. The molecule has 1 unspecified atom stereocenters. The van der Waals surface area contributed by atoms with E-state index in [1.807, 2.05) is 12.1 Å². The van der Waals surface area contributed by atoms with E-state index in [-0.39, 0.29) is 11.9 Å². The van der Waals surface area contributed by atoms with Gasteiger partial charge in [-0.2, -0.15) is 0 Å². The number of ether oxygens (including phenoxy) is 1. The third-order valence-corrected chi connectivity index (χ3v) is 4.90. The van der Waals surface area contributed by atoms with E-state index in [9.17, 15) is 4.39 Å². The molecule has 0 saturated carbocycles. The molecular formula is C19H20FN3OS. The number of halogens is 1. The molecule has 4 nitrogen and oxygen atoms in total. The summed E-state index contributed by atoms with van der Waals surface area (Å²) in [6.45, 7) is 2.13. The molecule has 0 bridgehead atoms. The van der Waals surface area contributed by atoms with E-state index in [1.54, 1.807) is 19.2 Å². The highest BCUT2D eigenvalue weighted by atomic mass is 32.2. The van der Waals surface area contributed by atoms with E-state index in [0.717, 1.165) is 23.4 Å². The van der Waals surface area contributed by atoms with Crippen LogP contribution in [0.15, 0.2) is 53.7 Å². The fraction of sp³-hybridized carbons (Fsp3) is 0.263. The van der Waals surface area contributed by atoms with E-state index < -0.39 is 0 Å². The molecule has 0 aliphatic heterocycles. The molecule has 0 fully saturated rings. The van der Waals surface area contributed by atoms with Crippen LogP contribution in [0.1, 0.15) is 24.2 Å². The van der Waals surface area contributed by atoms with Gasteiger partial charge < -0.3 is 4.74 Å². The first-order valence-corrected chi connectivity index (χ1v) is 9.11. The Morgan fingerprint density at radius 1 is 1.12 bits per heavy atom. The molecule has 130 valence electrons. The summed E-state index contributed by atoms with van der Waals surface area (Å²) in [6.07, 6.45) is 0.871. The van der Waals surface area contributed by atoms with Gasteiger partial charge in [-0.25, -0.2) is 9.37 Å². The van der Waals surface area contributed by atoms with Crippen LogP contribution in [-0.2, 0) is 11.2 Å². The predicted octanol–water partition coefficient (Wildman–Crippen LogP) is 4.65. The summed E-state index contributed by atoms with van der Waals surface area (Å²) in [5, 5.41) is 7.90. The van der Waals surface area contributed by atoms with Crippen LogP contribution in [0.5, 0.6) is 0 Å². The van der Waals surface area contributed by atoms with Gasteiger partial charge in [-0.15, -0.1) is 5.10 Å². The Hall–Kier alpha value is -2.18. The Labute approximate surface area is 150 Å². The van der Waals surface area contributed by atoms with Gasteiger partial charge in [-0.05, 0) is 29.7 Å². The minimum absolute atomic E-state index is 0.142. The second-order valence-corrected chi connectivity index (χ2v) is 6.59. The summed E-state index contributed by atoms with van der Waals surface area (Å²) in [5.41, 5.74) is 3.24. The Bertz CT molecular complexity index is 802. The predicted molar refractivity (Wildman–Crippen MR) is 98.1 cm³/mol. The molecule has 0 aliphatic rings. The molecule has 6 heteroatoms. The normalized spacial score (nSPS) is 12.3. The van der Waals surface area contributed by atoms with Crippen molar-refractivity contribution in [3.63, 3.8) is 0 Å². The molecule has 0 spiro atoms. The molecule has 1 aromatic heterocycles. The Morgan fingerprint density at radius 2 is 1.84 bits per heavy atom. The maximum atomic E-state index is 13.0. The molecule has 1 atom stereocenters. The van der Waals surface area contributed by atoms with Gasteiger partial charge in [0.25, 0.3) is 0 Å². The van der Waals surface area contributed by atoms with Gasteiger partial charge in [0, 0.05) is 18.4 Å². The zero-order valence-corrected chi connectivity index (χ0v) is 15.0. The van der Waals surface area contributed by atoms with Crippen molar-refractivity contribution in [2.45, 2.75) is 24.6 Å². The first-order valence-electron chi connectivity index (χ1n) is 8.12. The SMILES string of the molecule is CCc1ccc(-c2nc(SCC(OC)c3ccc(F)cc3)n[nH]2)cc1. The number of aromatic nitrogens is 3. The van der Waals surface area contributed by atoms with Crippen LogP contribution in [-0.4, -0.2) is 28.0 Å². The van der Waals surface area contributed by atoms with Crippen molar-refractivity contribution in [1.82, 2.24) is 15.2 Å². The third kappa shape index (κ3) is 4.46. The van der Waals surface area contributed by atoms with Gasteiger partial charge in [0.15, 0.2) is 5.82 Å². The number of hydrogen-bond donors (Lipinski definition) is 1. The van der Waals surface area contributed by atoms with Crippen LogP contribution in [0.25, 0.3) is 11.4 Å². The van der Waals surface area contributed by atoms with Crippen molar-refractivity contribution in [3.05, 3.63) is 65.5 Å². The lowest BCUT2D eigenvalue weighted by Gasteiger charge is -2.14. The Morgan fingerprint density at radius 3 is 2.48 bits per heavy atom. The van der Waals surface area contributed by atoms with E-state index in [4.69, 9.17) is 4.74 Å². The zero-order chi connectivity index (χ0) is 17.6. The fourth-order valence-electron chi connectivity index (χ4n) is 2.47. The van der Waals surface area contributed by atoms with Gasteiger partial charge in [0.1, 0.15) is 5.82 Å². The first kappa shape index (κ1) is 17.6. The number of benzene rings is 2. The number of nitrogens with one attached hydrogen (secondary N) is 1. The fourth-order valence-corrected chi connectivity index (χ4v) is 3.36. The van der Waals surface area contributed by atoms with Crippen molar-refractivity contribution < 1.29 is 9.13 Å². The maximum Gasteiger partial charge on any atom is 0.208 e. The van der Waals surface area contributed by atoms with Crippen LogP contribution >= 0.6 is 11.8 Å². The molecule has 1 N–H and O–H groups in total. The number of hydrogen-bond acceptors (Lipinski definition) is 4. The molecule has 0 aliphatic carbocycles. The average molecular weight is 357 g/mol. The van der Waals surface area contributed by atoms with Crippen molar-refractivity contribution in [3.8, 4) is 11.4 Å². The molecular weight excluding hydrogens is 337 g/mol. The van der Waals surface area contributed by atoms with E-state index >= 15 is 0 Å². The standard InChI is InChI=1S/C19H20FN3OS/c1-3-13-4-6-15(7-5-13)18-21-19(23-22-18)25-12-17(24-2)14-8-10-16(20)11-9-14/h4-11,17H,3,12H2,1-2H3,(H,21,22,23). The van der Waals surface area contributed by atoms with Crippen molar-refractivity contribution in [1.29, 1.82) is 0 Å². The summed E-state index contributed by atoms with van der Waals surface area (Å²) >= 11 is 1.50. The lowest BCUT2D eigenvalue weighted by Crippen LogP contribution is -2.04. The molecule has 1 heterocycles. The number of aryl methyl sites for hydroxylation is 1. The van der Waals surface area contributed by atoms with Crippen LogP contribution in [0, 0.1) is 5.82 Å². The summed E-state index contributed by atoms with van der Waals surface area (Å²) in [5.74, 6) is 1.15. The highest BCUT2D eigenvalue weighted by Gasteiger charge is 2.14. The third-order valence-electron chi connectivity index (χ3n) is 3.99. The number of thioether (sulfide) groups is 1. The van der Waals surface area contributed by atoms with Crippen LogP contribution in [0.4, 0.5) is 4.39 Å². The minimum Gasteiger partial charge on any atom is -0.376 e. The van der Waals surface area contributed by atoms with Crippen LogP contribution < -0.4 is 0 Å². The molecule has 2 aromatic carbocycles. The highest BCUT2D eigenvalue weighted by Crippen LogP contribution is 2.26. The first-order chi connectivity index (χ1) is 12.2. The average Bonchev–Trinajstić information content (AvgIpc) is 3.12. The number of H-pyrrole nitrogens is 1. The van der Waals surface area contributed by atoms with Gasteiger partial charge in [-0.3, -0.25) is 5.10 Å². The summed E-state index contributed by atoms with van der Waals surface area (Å²) in [4.78, 5) is 4.53. The molecule has 0 radical (unpaired) electrons. The van der Waals surface area contributed by atoms with Crippen molar-refractivity contribution in [2.24, 2.45) is 0 Å². The lowest BCUT2D eigenvalue weighted by molar-refractivity contribution is 0.123. The highest BCUT2D eigenvalue weighted by molar-refractivity contribution is 7.99. The smallest absolute Gasteiger partial charge is 0.208 e. The van der Waals surface area contributed by atoms with E-state index in [2.05, 4.69) is 34.2 Å². The number of rotatable bonds is 7. The molecule has 0 saturated heterocycles. The Balaban J connectivity index is 1.65. The number of methoxy groups -OCH3 is 1. The van der Waals surface area contributed by atoms with Gasteiger partial charge in [0.05, 0.1) is 6.10 Å². The quantitative estimate of drug-likeness (QED) is 0.625. The topological polar surface area (TPSA) is 50.8 Å². The Kier molecular flexibility index (Phi) is 5.83. The number of nitrogens with zero attached hydrogens (tertiary/aromatic N) is 2. The minimum atomic E-state index is -0.251. The van der Waals surface area contributed by atoms with E-state index in [1.165, 1.54) is 29.5 Å². The van der Waals surface area contributed by atoms with Gasteiger partial charge in [0.2, 0.25) is 5.16 Å². The summed E-state index contributed by atoms with van der Waals surface area (Å²) in [7, 11) is 1.65. The summed E-state index contributed by atoms with van der Waals surface area (Å²) in [6, 6.07) is 14.6. The summed E-state index contributed by atoms with van der Waals surface area (Å²) < 4.78 is 18.6. The van der Waals surface area contributed by atoms with Crippen molar-refractivity contribution >= 4 is 11.8 Å². The lowest BCUT2D eigenvalue weighted by atomic mass is 10.1. The molecule has 3 rings (SSSR count). The molecule has 0 amide bonds.